The number of nitrogens with zero attached hydrogens (tertiary/aromatic N) is 2. The molecule has 2 N–H and O–H groups in total. The van der Waals surface area contributed by atoms with Gasteiger partial charge in [0.05, 0.1) is 10.7 Å². The van der Waals surface area contributed by atoms with E-state index in [4.69, 9.17) is 45.3 Å². The van der Waals surface area contributed by atoms with Gasteiger partial charge in [0.15, 0.2) is 12.4 Å². The van der Waals surface area contributed by atoms with Crippen molar-refractivity contribution in [1.82, 2.24) is 9.80 Å². The second-order valence-electron chi connectivity index (χ2n) is 6.79. The molecular weight excluding hydrogens is 421 g/mol. The predicted octanol–water partition coefficient (Wildman–Crippen LogP) is 4.26. The fraction of sp³-hybridized carbons (Fsp3) is 0.350. The molecule has 0 saturated carbocycles. The Kier molecular flexibility index (Phi) is 6.94. The van der Waals surface area contributed by atoms with Gasteiger partial charge >= 0.3 is 0 Å². The quantitative estimate of drug-likeness (QED) is 0.703. The molecule has 1 saturated heterocycles. The number of nitrogens with two attached hydrogens (primary N) is 1. The number of carbonyl (C=O) groups excluding carboxylic acids is 1. The summed E-state index contributed by atoms with van der Waals surface area (Å²) in [5, 5.41) is 1.54. The molecular formula is C20H22Cl3N3O2. The molecule has 28 heavy (non-hydrogen) atoms. The highest BCUT2D eigenvalue weighted by atomic mass is 35.5. The van der Waals surface area contributed by atoms with E-state index in [1.165, 1.54) is 5.56 Å². The smallest absolute Gasteiger partial charge is 0.260 e. The Hall–Kier alpha value is -1.66. The van der Waals surface area contributed by atoms with Crippen molar-refractivity contribution >= 4 is 46.4 Å². The van der Waals surface area contributed by atoms with E-state index in [9.17, 15) is 4.79 Å². The molecule has 0 unspecified atom stereocenters. The third-order valence-corrected chi connectivity index (χ3v) is 5.92. The number of piperazine rings is 1. The lowest BCUT2D eigenvalue weighted by Crippen LogP contribution is -2.49. The number of ether oxygens (including phenoxy) is 1. The lowest BCUT2D eigenvalue weighted by atomic mass is 10.2. The molecule has 1 aliphatic rings. The molecule has 0 atom stereocenters. The van der Waals surface area contributed by atoms with Gasteiger partial charge in [0, 0.05) is 42.8 Å². The highest BCUT2D eigenvalue weighted by Crippen LogP contribution is 2.38. The lowest BCUT2D eigenvalue weighted by Gasteiger charge is -2.34. The van der Waals surface area contributed by atoms with Crippen LogP contribution in [0.5, 0.6) is 5.75 Å². The Morgan fingerprint density at radius 2 is 1.75 bits per heavy atom. The normalized spacial score (nSPS) is 14.9. The molecule has 2 aromatic carbocycles. The molecule has 1 fully saturated rings. The van der Waals surface area contributed by atoms with E-state index >= 15 is 0 Å². The highest BCUT2D eigenvalue weighted by Gasteiger charge is 2.22. The Balaban J connectivity index is 1.50. The van der Waals surface area contributed by atoms with Crippen LogP contribution in [-0.4, -0.2) is 48.5 Å². The summed E-state index contributed by atoms with van der Waals surface area (Å²) in [5.41, 5.74) is 8.12. The zero-order valence-electron chi connectivity index (χ0n) is 15.6. The molecule has 5 nitrogen and oxygen atoms in total. The number of halogens is 3. The molecule has 0 bridgehead atoms. The molecule has 8 heteroatoms. The molecule has 150 valence electrons. The van der Waals surface area contributed by atoms with Crippen LogP contribution in [-0.2, 0) is 11.3 Å². The zero-order valence-corrected chi connectivity index (χ0v) is 17.8. The summed E-state index contributed by atoms with van der Waals surface area (Å²) in [7, 11) is 0. The van der Waals surface area contributed by atoms with Crippen LogP contribution in [0.2, 0.25) is 15.1 Å². The van der Waals surface area contributed by atoms with Gasteiger partial charge in [-0.1, -0.05) is 46.9 Å². The lowest BCUT2D eigenvalue weighted by molar-refractivity contribution is -0.135. The minimum atomic E-state index is -0.109. The number of anilines is 1. The van der Waals surface area contributed by atoms with Gasteiger partial charge in [-0.25, -0.2) is 0 Å². The topological polar surface area (TPSA) is 58.8 Å². The van der Waals surface area contributed by atoms with Gasteiger partial charge in [-0.2, -0.15) is 0 Å². The summed E-state index contributed by atoms with van der Waals surface area (Å²) in [6.45, 7) is 5.42. The summed E-state index contributed by atoms with van der Waals surface area (Å²) >= 11 is 18.2. The zero-order chi connectivity index (χ0) is 20.3. The number of amides is 1. The van der Waals surface area contributed by atoms with Crippen LogP contribution in [0.4, 0.5) is 5.69 Å². The highest BCUT2D eigenvalue weighted by molar-refractivity contribution is 6.37. The fourth-order valence-electron chi connectivity index (χ4n) is 3.09. The van der Waals surface area contributed by atoms with Crippen LogP contribution in [0.3, 0.4) is 0 Å². The van der Waals surface area contributed by atoms with E-state index in [1.54, 1.807) is 17.9 Å². The van der Waals surface area contributed by atoms with Gasteiger partial charge in [-0.15, -0.1) is 0 Å². The van der Waals surface area contributed by atoms with Crippen LogP contribution in [0.1, 0.15) is 11.1 Å². The standard InChI is InChI=1S/C20H22Cl3N3O2/c1-13-16(22)10-17(24)20(19(13)23)28-12-18(27)26-8-6-25(7-9-26)11-14-2-4-15(21)5-3-14/h2-5,10H,6-9,11-12,24H2,1H3. The summed E-state index contributed by atoms with van der Waals surface area (Å²) < 4.78 is 5.62. The van der Waals surface area contributed by atoms with Crippen molar-refractivity contribution in [3.8, 4) is 5.75 Å². The maximum absolute atomic E-state index is 12.5. The first kappa shape index (κ1) is 21.1. The Labute approximate surface area is 179 Å². The molecule has 1 aliphatic heterocycles. The van der Waals surface area contributed by atoms with E-state index in [0.717, 1.165) is 24.7 Å². The van der Waals surface area contributed by atoms with E-state index in [-0.39, 0.29) is 12.5 Å². The third-order valence-electron chi connectivity index (χ3n) is 4.82. The maximum atomic E-state index is 12.5. The van der Waals surface area contributed by atoms with Crippen molar-refractivity contribution in [1.29, 1.82) is 0 Å². The maximum Gasteiger partial charge on any atom is 0.260 e. The van der Waals surface area contributed by atoms with Crippen LogP contribution in [0, 0.1) is 6.92 Å². The molecule has 0 radical (unpaired) electrons. The number of carbonyl (C=O) groups is 1. The Morgan fingerprint density at radius 1 is 1.11 bits per heavy atom. The fourth-order valence-corrected chi connectivity index (χ4v) is 3.74. The summed E-state index contributed by atoms with van der Waals surface area (Å²) in [6.07, 6.45) is 0. The number of rotatable bonds is 5. The van der Waals surface area contributed by atoms with Crippen molar-refractivity contribution in [2.45, 2.75) is 13.5 Å². The van der Waals surface area contributed by atoms with Crippen molar-refractivity contribution in [3.63, 3.8) is 0 Å². The number of hydrogen-bond acceptors (Lipinski definition) is 4. The monoisotopic (exact) mass is 441 g/mol. The average molecular weight is 443 g/mol. The average Bonchev–Trinajstić information content (AvgIpc) is 2.68. The van der Waals surface area contributed by atoms with E-state index in [1.807, 2.05) is 24.3 Å². The van der Waals surface area contributed by atoms with Crippen molar-refractivity contribution in [2.75, 3.05) is 38.5 Å². The van der Waals surface area contributed by atoms with Gasteiger partial charge in [-0.05, 0) is 36.2 Å². The summed E-state index contributed by atoms with van der Waals surface area (Å²) in [4.78, 5) is 16.6. The van der Waals surface area contributed by atoms with Crippen molar-refractivity contribution < 1.29 is 9.53 Å². The first-order valence-electron chi connectivity index (χ1n) is 8.96. The van der Waals surface area contributed by atoms with E-state index in [0.29, 0.717) is 40.1 Å². The van der Waals surface area contributed by atoms with Crippen LogP contribution in [0.15, 0.2) is 30.3 Å². The predicted molar refractivity (Wildman–Crippen MR) is 114 cm³/mol. The van der Waals surface area contributed by atoms with Gasteiger partial charge in [0.2, 0.25) is 0 Å². The molecule has 2 aromatic rings. The van der Waals surface area contributed by atoms with Gasteiger partial charge in [0.1, 0.15) is 0 Å². The second-order valence-corrected chi connectivity index (χ2v) is 8.01. The SMILES string of the molecule is Cc1c(Cl)cc(N)c(OCC(=O)N2CCN(Cc3ccc(Cl)cc3)CC2)c1Cl. The first-order chi connectivity index (χ1) is 13.3. The molecule has 1 heterocycles. The molecule has 1 amide bonds. The number of nitrogen functional groups attached to an aromatic ring is 1. The molecule has 0 aromatic heterocycles. The Morgan fingerprint density at radius 3 is 2.39 bits per heavy atom. The van der Waals surface area contributed by atoms with E-state index < -0.39 is 0 Å². The second kappa shape index (κ2) is 9.23. The van der Waals surface area contributed by atoms with Gasteiger partial charge < -0.3 is 15.4 Å². The van der Waals surface area contributed by atoms with E-state index in [2.05, 4.69) is 4.90 Å². The first-order valence-corrected chi connectivity index (χ1v) is 10.1. The van der Waals surface area contributed by atoms with Gasteiger partial charge in [-0.3, -0.25) is 9.69 Å². The molecule has 0 aliphatic carbocycles. The molecule has 3 rings (SSSR count). The summed E-state index contributed by atoms with van der Waals surface area (Å²) in [5.74, 6) is 0.215. The number of hydrogen-bond donors (Lipinski definition) is 1. The largest absolute Gasteiger partial charge is 0.480 e. The van der Waals surface area contributed by atoms with Crippen molar-refractivity contribution in [3.05, 3.63) is 56.5 Å². The number of benzene rings is 2. The summed E-state index contributed by atoms with van der Waals surface area (Å²) in [6, 6.07) is 9.41. The van der Waals surface area contributed by atoms with Crippen LogP contribution in [0.25, 0.3) is 0 Å². The minimum Gasteiger partial charge on any atom is -0.480 e. The van der Waals surface area contributed by atoms with Crippen LogP contribution >= 0.6 is 34.8 Å². The third kappa shape index (κ3) is 5.03. The molecule has 0 spiro atoms. The minimum absolute atomic E-state index is 0.0887. The van der Waals surface area contributed by atoms with Crippen LogP contribution < -0.4 is 10.5 Å². The van der Waals surface area contributed by atoms with Gasteiger partial charge in [0.25, 0.3) is 5.91 Å². The van der Waals surface area contributed by atoms with Crippen molar-refractivity contribution in [2.24, 2.45) is 0 Å². The Bertz CT molecular complexity index is 851.